The van der Waals surface area contributed by atoms with Gasteiger partial charge >= 0.3 is 0 Å². The van der Waals surface area contributed by atoms with Crippen LogP contribution in [0.4, 0.5) is 0 Å². The van der Waals surface area contributed by atoms with E-state index in [-0.39, 0.29) is 0 Å². The van der Waals surface area contributed by atoms with Crippen LogP contribution in [0.3, 0.4) is 0 Å². The first-order valence-corrected chi connectivity index (χ1v) is 3.84. The molecular weight excluding hydrogens is 132 g/mol. The normalized spacial score (nSPS) is 28.2. The molecule has 0 amide bonds. The van der Waals surface area contributed by atoms with Crippen molar-refractivity contribution in [3.8, 4) is 0 Å². The molecule has 1 saturated heterocycles. The summed E-state index contributed by atoms with van der Waals surface area (Å²) >= 11 is 0. The molecule has 1 N–H and O–H groups in total. The van der Waals surface area contributed by atoms with Gasteiger partial charge in [-0.2, -0.15) is 0 Å². The third kappa shape index (κ3) is 2.25. The summed E-state index contributed by atoms with van der Waals surface area (Å²) in [7, 11) is 4.56. The predicted molar refractivity (Wildman–Crippen MR) is 44.0 cm³/mol. The average molecular weight is 145 g/mol. The van der Waals surface area contributed by atoms with Crippen molar-refractivity contribution in [2.75, 3.05) is 13.1 Å². The minimum Gasteiger partial charge on any atom is -0.399 e. The Bertz CT molecular complexity index is 99.1. The SMILES string of the molecule is BC1(O)CCN(P)CC1. The molecule has 4 heteroatoms. The van der Waals surface area contributed by atoms with Crippen LogP contribution >= 0.6 is 9.39 Å². The molecule has 52 valence electrons. The molecule has 0 bridgehead atoms. The molecular formula is C5H13BNOP. The third-order valence-electron chi connectivity index (χ3n) is 1.88. The average Bonchev–Trinajstić information content (AvgIpc) is 1.78. The molecule has 0 spiro atoms. The summed E-state index contributed by atoms with van der Waals surface area (Å²) in [5.74, 6) is 0. The zero-order valence-electron chi connectivity index (χ0n) is 5.80. The zero-order valence-corrected chi connectivity index (χ0v) is 6.95. The molecule has 0 aromatic carbocycles. The van der Waals surface area contributed by atoms with E-state index in [9.17, 15) is 5.11 Å². The van der Waals surface area contributed by atoms with Crippen molar-refractivity contribution in [3.63, 3.8) is 0 Å². The monoisotopic (exact) mass is 145 g/mol. The predicted octanol–water partition coefficient (Wildman–Crippen LogP) is -0.806. The Kier molecular flexibility index (Phi) is 2.15. The summed E-state index contributed by atoms with van der Waals surface area (Å²) in [5, 5.41) is 9.46. The van der Waals surface area contributed by atoms with Gasteiger partial charge in [0.25, 0.3) is 0 Å². The molecule has 0 radical (unpaired) electrons. The Labute approximate surface area is 59.3 Å². The van der Waals surface area contributed by atoms with Crippen molar-refractivity contribution < 1.29 is 5.11 Å². The highest BCUT2D eigenvalue weighted by Gasteiger charge is 2.25. The van der Waals surface area contributed by atoms with Crippen LogP contribution in [0.5, 0.6) is 0 Å². The van der Waals surface area contributed by atoms with Crippen LogP contribution in [-0.2, 0) is 0 Å². The van der Waals surface area contributed by atoms with Gasteiger partial charge in [0.2, 0.25) is 0 Å². The molecule has 0 aromatic heterocycles. The van der Waals surface area contributed by atoms with Gasteiger partial charge in [-0.05, 0) is 12.8 Å². The Balaban J connectivity index is 2.35. The van der Waals surface area contributed by atoms with Gasteiger partial charge in [-0.25, -0.2) is 0 Å². The second-order valence-electron chi connectivity index (χ2n) is 3.03. The fraction of sp³-hybridized carbons (Fsp3) is 1.00. The Morgan fingerprint density at radius 1 is 1.44 bits per heavy atom. The fourth-order valence-electron chi connectivity index (χ4n) is 1.01. The first-order valence-electron chi connectivity index (χ1n) is 3.32. The van der Waals surface area contributed by atoms with Gasteiger partial charge in [0.15, 0.2) is 0 Å². The summed E-state index contributed by atoms with van der Waals surface area (Å²) in [5.41, 5.74) is -0.396. The molecule has 9 heavy (non-hydrogen) atoms. The Morgan fingerprint density at radius 2 is 1.89 bits per heavy atom. The molecule has 1 aliphatic rings. The molecule has 0 aromatic rings. The maximum Gasteiger partial charge on any atom is 0.143 e. The summed E-state index contributed by atoms with van der Waals surface area (Å²) in [6, 6.07) is 0. The molecule has 1 atom stereocenters. The van der Waals surface area contributed by atoms with E-state index in [1.807, 2.05) is 7.85 Å². The first-order chi connectivity index (χ1) is 4.10. The van der Waals surface area contributed by atoms with Gasteiger partial charge in [-0.15, -0.1) is 0 Å². The maximum absolute atomic E-state index is 9.46. The lowest BCUT2D eigenvalue weighted by atomic mass is 9.75. The van der Waals surface area contributed by atoms with Crippen molar-refractivity contribution in [2.45, 2.75) is 18.3 Å². The summed E-state index contributed by atoms with van der Waals surface area (Å²) in [6.07, 6.45) is 1.80. The largest absolute Gasteiger partial charge is 0.399 e. The van der Waals surface area contributed by atoms with Crippen molar-refractivity contribution >= 4 is 17.2 Å². The zero-order chi connectivity index (χ0) is 6.91. The van der Waals surface area contributed by atoms with Gasteiger partial charge in [-0.3, -0.25) is 4.67 Å². The Morgan fingerprint density at radius 3 is 2.22 bits per heavy atom. The lowest BCUT2D eigenvalue weighted by Crippen LogP contribution is -2.40. The number of piperidine rings is 1. The second-order valence-corrected chi connectivity index (χ2v) is 3.76. The first kappa shape index (κ1) is 7.52. The van der Waals surface area contributed by atoms with Crippen molar-refractivity contribution in [3.05, 3.63) is 0 Å². The molecule has 1 aliphatic heterocycles. The molecule has 2 nitrogen and oxygen atoms in total. The van der Waals surface area contributed by atoms with E-state index in [0.29, 0.717) is 0 Å². The molecule has 1 heterocycles. The lowest BCUT2D eigenvalue weighted by molar-refractivity contribution is 0.0740. The standard InChI is InChI=1S/C5H13BNOP/c6-5(8)1-3-7(9)4-2-5/h8H,1-4,6,9H2. The number of hydrogen-bond donors (Lipinski definition) is 1. The summed E-state index contributed by atoms with van der Waals surface area (Å²) in [6.45, 7) is 2.00. The molecule has 1 fully saturated rings. The van der Waals surface area contributed by atoms with Gasteiger partial charge < -0.3 is 5.11 Å². The number of rotatable bonds is 0. The molecule has 0 aliphatic carbocycles. The van der Waals surface area contributed by atoms with Gasteiger partial charge in [0, 0.05) is 18.6 Å². The lowest BCUT2D eigenvalue weighted by Gasteiger charge is -2.33. The van der Waals surface area contributed by atoms with Crippen LogP contribution in [0.1, 0.15) is 12.8 Å². The Hall–Kier alpha value is 0.415. The second kappa shape index (κ2) is 2.57. The minimum atomic E-state index is -0.396. The summed E-state index contributed by atoms with van der Waals surface area (Å²) < 4.78 is 2.16. The highest BCUT2D eigenvalue weighted by Crippen LogP contribution is 2.19. The molecule has 1 rings (SSSR count). The van der Waals surface area contributed by atoms with E-state index in [1.165, 1.54) is 0 Å². The van der Waals surface area contributed by atoms with Crippen LogP contribution in [0, 0.1) is 0 Å². The van der Waals surface area contributed by atoms with Crippen LogP contribution in [-0.4, -0.2) is 36.2 Å². The van der Waals surface area contributed by atoms with E-state index in [4.69, 9.17) is 0 Å². The maximum atomic E-state index is 9.46. The highest BCUT2D eigenvalue weighted by atomic mass is 31.0. The van der Waals surface area contributed by atoms with Crippen LogP contribution in [0.15, 0.2) is 0 Å². The number of nitrogens with zero attached hydrogens (tertiary/aromatic N) is 1. The molecule has 1 unspecified atom stereocenters. The number of aliphatic hydroxyl groups is 1. The van der Waals surface area contributed by atoms with Crippen molar-refractivity contribution in [1.29, 1.82) is 0 Å². The molecule has 0 saturated carbocycles. The van der Waals surface area contributed by atoms with E-state index in [1.54, 1.807) is 0 Å². The van der Waals surface area contributed by atoms with Crippen LogP contribution < -0.4 is 0 Å². The van der Waals surface area contributed by atoms with Crippen molar-refractivity contribution in [2.24, 2.45) is 0 Å². The van der Waals surface area contributed by atoms with Gasteiger partial charge in [0.1, 0.15) is 7.85 Å². The fourth-order valence-corrected chi connectivity index (χ4v) is 1.26. The third-order valence-corrected chi connectivity index (χ3v) is 2.39. The summed E-state index contributed by atoms with van der Waals surface area (Å²) in [4.78, 5) is 0. The van der Waals surface area contributed by atoms with E-state index >= 15 is 0 Å². The van der Waals surface area contributed by atoms with Crippen LogP contribution in [0.25, 0.3) is 0 Å². The highest BCUT2D eigenvalue weighted by molar-refractivity contribution is 7.13. The van der Waals surface area contributed by atoms with Gasteiger partial charge in [-0.1, -0.05) is 9.39 Å². The number of hydrogen-bond acceptors (Lipinski definition) is 2. The minimum absolute atomic E-state index is 0.396. The quantitative estimate of drug-likeness (QED) is 0.356. The van der Waals surface area contributed by atoms with E-state index in [2.05, 4.69) is 14.1 Å². The van der Waals surface area contributed by atoms with Crippen molar-refractivity contribution in [1.82, 2.24) is 4.67 Å². The van der Waals surface area contributed by atoms with Gasteiger partial charge in [0.05, 0.1) is 0 Å². The van der Waals surface area contributed by atoms with E-state index < -0.39 is 5.50 Å². The van der Waals surface area contributed by atoms with E-state index in [0.717, 1.165) is 25.9 Å². The topological polar surface area (TPSA) is 23.5 Å². The van der Waals surface area contributed by atoms with Crippen LogP contribution in [0.2, 0.25) is 0 Å². The smallest absolute Gasteiger partial charge is 0.143 e.